The molecular formula is C9H12N+. The van der Waals surface area contributed by atoms with Crippen LogP contribution in [-0.2, 0) is 6.54 Å². The lowest BCUT2D eigenvalue weighted by Gasteiger charge is -1.90. The van der Waals surface area contributed by atoms with E-state index < -0.39 is 0 Å². The Balaban J connectivity index is 2.03. The molecule has 2 rings (SSSR count). The van der Waals surface area contributed by atoms with Gasteiger partial charge in [-0.3, -0.25) is 0 Å². The van der Waals surface area contributed by atoms with Gasteiger partial charge in [0.1, 0.15) is 0 Å². The van der Waals surface area contributed by atoms with E-state index in [0.29, 0.717) is 0 Å². The van der Waals surface area contributed by atoms with Crippen molar-refractivity contribution in [3.05, 3.63) is 30.6 Å². The molecule has 0 unspecified atom stereocenters. The minimum absolute atomic E-state index is 0.979. The summed E-state index contributed by atoms with van der Waals surface area (Å²) in [5, 5.41) is 0. The first-order valence-electron chi connectivity index (χ1n) is 3.89. The molecule has 0 radical (unpaired) electrons. The topological polar surface area (TPSA) is 3.88 Å². The van der Waals surface area contributed by atoms with E-state index in [1.807, 2.05) is 0 Å². The predicted molar refractivity (Wildman–Crippen MR) is 39.4 cm³/mol. The van der Waals surface area contributed by atoms with E-state index in [1.54, 1.807) is 0 Å². The second-order valence-electron chi connectivity index (χ2n) is 3.02. The fourth-order valence-corrected chi connectivity index (χ4v) is 1.15. The summed E-state index contributed by atoms with van der Waals surface area (Å²) >= 11 is 0. The van der Waals surface area contributed by atoms with Crippen LogP contribution in [0.15, 0.2) is 30.6 Å². The molecule has 0 aliphatic heterocycles. The van der Waals surface area contributed by atoms with E-state index in [9.17, 15) is 0 Å². The lowest BCUT2D eigenvalue weighted by molar-refractivity contribution is -0.700. The van der Waals surface area contributed by atoms with Crippen molar-refractivity contribution in [3.8, 4) is 0 Å². The Hall–Kier alpha value is -0.850. The molecule has 1 nitrogen and oxygen atoms in total. The standard InChI is InChI=1S/C9H12N/c1-2-6-10(7-3-1)8-9-4-5-9/h1-3,6-7,9H,4-5,8H2/q+1. The Morgan fingerprint density at radius 2 is 1.80 bits per heavy atom. The molecular weight excluding hydrogens is 122 g/mol. The molecule has 0 aromatic carbocycles. The highest BCUT2D eigenvalue weighted by Crippen LogP contribution is 2.28. The normalized spacial score (nSPS) is 17.2. The van der Waals surface area contributed by atoms with Crippen LogP contribution in [0.5, 0.6) is 0 Å². The minimum atomic E-state index is 0.979. The van der Waals surface area contributed by atoms with Crippen LogP contribution >= 0.6 is 0 Å². The van der Waals surface area contributed by atoms with Crippen molar-refractivity contribution in [2.75, 3.05) is 0 Å². The molecule has 1 aromatic heterocycles. The molecule has 1 heteroatoms. The van der Waals surface area contributed by atoms with Crippen molar-refractivity contribution in [3.63, 3.8) is 0 Å². The molecule has 0 amide bonds. The van der Waals surface area contributed by atoms with E-state index in [1.165, 1.54) is 19.4 Å². The van der Waals surface area contributed by atoms with Crippen LogP contribution in [0.4, 0.5) is 0 Å². The summed E-state index contributed by atoms with van der Waals surface area (Å²) in [5.41, 5.74) is 0. The predicted octanol–water partition coefficient (Wildman–Crippen LogP) is 1.38. The van der Waals surface area contributed by atoms with Crippen LogP contribution in [0.1, 0.15) is 12.8 Å². The second kappa shape index (κ2) is 2.41. The van der Waals surface area contributed by atoms with E-state index in [2.05, 4.69) is 35.2 Å². The third-order valence-corrected chi connectivity index (χ3v) is 1.94. The van der Waals surface area contributed by atoms with Crippen LogP contribution in [0.25, 0.3) is 0 Å². The van der Waals surface area contributed by atoms with Gasteiger partial charge in [0.25, 0.3) is 0 Å². The van der Waals surface area contributed by atoms with Gasteiger partial charge in [-0.05, 0) is 12.8 Å². The zero-order chi connectivity index (χ0) is 6.81. The minimum Gasteiger partial charge on any atom is -0.205 e. The quantitative estimate of drug-likeness (QED) is 0.538. The van der Waals surface area contributed by atoms with Crippen LogP contribution in [0.2, 0.25) is 0 Å². The van der Waals surface area contributed by atoms with Gasteiger partial charge in [-0.25, -0.2) is 4.57 Å². The molecule has 0 bridgehead atoms. The lowest BCUT2D eigenvalue weighted by Crippen LogP contribution is -2.33. The molecule has 0 spiro atoms. The molecule has 1 heterocycles. The smallest absolute Gasteiger partial charge is 0.168 e. The summed E-state index contributed by atoms with van der Waals surface area (Å²) in [6, 6.07) is 6.23. The third kappa shape index (κ3) is 1.35. The number of nitrogens with zero attached hydrogens (tertiary/aromatic N) is 1. The van der Waals surface area contributed by atoms with Crippen molar-refractivity contribution < 1.29 is 4.57 Å². The maximum atomic E-state index is 2.26. The summed E-state index contributed by atoms with van der Waals surface area (Å²) in [4.78, 5) is 0. The van der Waals surface area contributed by atoms with Crippen molar-refractivity contribution >= 4 is 0 Å². The Morgan fingerprint density at radius 1 is 1.10 bits per heavy atom. The number of pyridine rings is 1. The van der Waals surface area contributed by atoms with Gasteiger partial charge in [0.2, 0.25) is 0 Å². The van der Waals surface area contributed by atoms with Gasteiger partial charge in [-0.2, -0.15) is 0 Å². The van der Waals surface area contributed by atoms with Gasteiger partial charge in [0.05, 0.1) is 0 Å². The van der Waals surface area contributed by atoms with E-state index >= 15 is 0 Å². The van der Waals surface area contributed by atoms with Gasteiger partial charge in [0, 0.05) is 18.1 Å². The molecule has 52 valence electrons. The van der Waals surface area contributed by atoms with Gasteiger partial charge >= 0.3 is 0 Å². The Morgan fingerprint density at radius 3 is 2.40 bits per heavy atom. The first-order valence-corrected chi connectivity index (χ1v) is 3.89. The van der Waals surface area contributed by atoms with Crippen LogP contribution in [0, 0.1) is 5.92 Å². The molecule has 1 aliphatic rings. The molecule has 1 fully saturated rings. The highest BCUT2D eigenvalue weighted by molar-refractivity contribution is 4.84. The first-order chi connectivity index (χ1) is 4.95. The summed E-state index contributed by atoms with van der Waals surface area (Å²) in [6.07, 6.45) is 7.14. The van der Waals surface area contributed by atoms with Gasteiger partial charge < -0.3 is 0 Å². The van der Waals surface area contributed by atoms with Crippen molar-refractivity contribution in [1.82, 2.24) is 0 Å². The molecule has 0 atom stereocenters. The Bertz CT molecular complexity index is 201. The number of hydrogen-bond donors (Lipinski definition) is 0. The summed E-state index contributed by atoms with van der Waals surface area (Å²) < 4.78 is 2.26. The largest absolute Gasteiger partial charge is 0.205 e. The van der Waals surface area contributed by atoms with Crippen molar-refractivity contribution in [2.45, 2.75) is 19.4 Å². The zero-order valence-electron chi connectivity index (χ0n) is 6.03. The SMILES string of the molecule is c1cc[n+](CC2CC2)cc1. The van der Waals surface area contributed by atoms with Crippen molar-refractivity contribution in [2.24, 2.45) is 5.92 Å². The van der Waals surface area contributed by atoms with Crippen LogP contribution in [0.3, 0.4) is 0 Å². The van der Waals surface area contributed by atoms with Gasteiger partial charge in [-0.1, -0.05) is 6.07 Å². The van der Waals surface area contributed by atoms with Gasteiger partial charge in [0.15, 0.2) is 18.9 Å². The van der Waals surface area contributed by atoms with E-state index in [0.717, 1.165) is 5.92 Å². The average Bonchev–Trinajstić information content (AvgIpc) is 2.74. The summed E-state index contributed by atoms with van der Waals surface area (Å²) in [6.45, 7) is 1.22. The average molecular weight is 134 g/mol. The molecule has 1 saturated carbocycles. The fraction of sp³-hybridized carbons (Fsp3) is 0.444. The van der Waals surface area contributed by atoms with E-state index in [4.69, 9.17) is 0 Å². The first kappa shape index (κ1) is 5.90. The Labute approximate surface area is 61.3 Å². The molecule has 0 saturated heterocycles. The van der Waals surface area contributed by atoms with E-state index in [-0.39, 0.29) is 0 Å². The molecule has 1 aromatic rings. The van der Waals surface area contributed by atoms with Crippen LogP contribution < -0.4 is 4.57 Å². The molecule has 0 N–H and O–H groups in total. The highest BCUT2D eigenvalue weighted by atomic mass is 14.9. The number of hydrogen-bond acceptors (Lipinski definition) is 0. The third-order valence-electron chi connectivity index (χ3n) is 1.94. The molecule has 1 aliphatic carbocycles. The lowest BCUT2D eigenvalue weighted by atomic mass is 10.4. The summed E-state index contributed by atoms with van der Waals surface area (Å²) in [5.74, 6) is 0.979. The maximum absolute atomic E-state index is 2.26. The number of aromatic nitrogens is 1. The van der Waals surface area contributed by atoms with Crippen LogP contribution in [-0.4, -0.2) is 0 Å². The fourth-order valence-electron chi connectivity index (χ4n) is 1.15. The number of rotatable bonds is 2. The molecule has 10 heavy (non-hydrogen) atoms. The Kier molecular flexibility index (Phi) is 1.42. The van der Waals surface area contributed by atoms with Crippen molar-refractivity contribution in [1.29, 1.82) is 0 Å². The monoisotopic (exact) mass is 134 g/mol. The summed E-state index contributed by atoms with van der Waals surface area (Å²) in [7, 11) is 0. The highest BCUT2D eigenvalue weighted by Gasteiger charge is 2.25. The second-order valence-corrected chi connectivity index (χ2v) is 3.02. The maximum Gasteiger partial charge on any atom is 0.168 e. The van der Waals surface area contributed by atoms with Gasteiger partial charge in [-0.15, -0.1) is 0 Å². The zero-order valence-corrected chi connectivity index (χ0v) is 6.03.